The molecule has 1 N–H and O–H groups in total. The minimum Gasteiger partial charge on any atom is -0.479 e. The molecule has 0 saturated carbocycles. The van der Waals surface area contributed by atoms with Crippen LogP contribution in [0.3, 0.4) is 0 Å². The third-order valence-electron chi connectivity index (χ3n) is 2.83. The number of carbonyl (C=O) groups is 1. The van der Waals surface area contributed by atoms with Gasteiger partial charge in [-0.2, -0.15) is 13.2 Å². The van der Waals surface area contributed by atoms with Crippen molar-refractivity contribution in [2.24, 2.45) is 0 Å². The fraction of sp³-hybridized carbons (Fsp3) is 0.200. The number of alkyl halides is 3. The maximum absolute atomic E-state index is 12.6. The molecular formula is C15H11ClF3NO3S. The third-order valence-corrected chi connectivity index (χ3v) is 4.26. The summed E-state index contributed by atoms with van der Waals surface area (Å²) in [5, 5.41) is 8.90. The predicted octanol–water partition coefficient (Wildman–Crippen LogP) is 4.76. The first kappa shape index (κ1) is 18.4. The zero-order valence-corrected chi connectivity index (χ0v) is 13.7. The lowest BCUT2D eigenvalue weighted by Gasteiger charge is -2.11. The minimum absolute atomic E-state index is 0.102. The zero-order chi connectivity index (χ0) is 17.9. The van der Waals surface area contributed by atoms with Crippen molar-refractivity contribution in [3.8, 4) is 5.75 Å². The standard InChI is InChI=1S/C15H11ClF3NO3S/c1-8(14(21)22)23-10-2-4-11(5-3-10)24-13-12(16)6-9(7-20-13)15(17,18)19/h2-8H,1H3,(H,21,22). The van der Waals surface area contributed by atoms with E-state index in [-0.39, 0.29) is 10.0 Å². The van der Waals surface area contributed by atoms with Crippen LogP contribution in [0.15, 0.2) is 46.5 Å². The first-order chi connectivity index (χ1) is 11.2. The van der Waals surface area contributed by atoms with Crippen molar-refractivity contribution in [3.05, 3.63) is 47.1 Å². The summed E-state index contributed by atoms with van der Waals surface area (Å²) >= 11 is 6.93. The second-order valence-electron chi connectivity index (χ2n) is 4.68. The number of carboxylic acids is 1. The van der Waals surface area contributed by atoms with Crippen molar-refractivity contribution < 1.29 is 27.8 Å². The van der Waals surface area contributed by atoms with Gasteiger partial charge in [0.25, 0.3) is 0 Å². The smallest absolute Gasteiger partial charge is 0.417 e. The summed E-state index contributed by atoms with van der Waals surface area (Å²) in [7, 11) is 0. The van der Waals surface area contributed by atoms with Crippen molar-refractivity contribution in [1.29, 1.82) is 0 Å². The van der Waals surface area contributed by atoms with Gasteiger partial charge in [-0.3, -0.25) is 0 Å². The Labute approximate surface area is 144 Å². The fourth-order valence-electron chi connectivity index (χ4n) is 1.61. The highest BCUT2D eigenvalue weighted by Crippen LogP contribution is 2.36. The van der Waals surface area contributed by atoms with E-state index in [9.17, 15) is 18.0 Å². The number of carboxylic acid groups (broad SMARTS) is 1. The number of halogens is 4. The number of benzene rings is 1. The first-order valence-corrected chi connectivity index (χ1v) is 7.76. The Balaban J connectivity index is 2.10. The van der Waals surface area contributed by atoms with Crippen molar-refractivity contribution in [2.75, 3.05) is 0 Å². The molecule has 1 unspecified atom stereocenters. The second kappa shape index (κ2) is 7.31. The van der Waals surface area contributed by atoms with Gasteiger partial charge in [0.15, 0.2) is 6.10 Å². The first-order valence-electron chi connectivity index (χ1n) is 6.57. The molecule has 24 heavy (non-hydrogen) atoms. The molecule has 0 bridgehead atoms. The zero-order valence-electron chi connectivity index (χ0n) is 12.2. The number of pyridine rings is 1. The Morgan fingerprint density at radius 2 is 1.96 bits per heavy atom. The lowest BCUT2D eigenvalue weighted by Crippen LogP contribution is -2.22. The molecule has 4 nitrogen and oxygen atoms in total. The molecule has 1 aromatic heterocycles. The molecule has 0 saturated heterocycles. The Bertz CT molecular complexity index is 738. The van der Waals surface area contributed by atoms with Crippen molar-refractivity contribution >= 4 is 29.3 Å². The van der Waals surface area contributed by atoms with Crippen LogP contribution in [0.5, 0.6) is 5.75 Å². The number of nitrogens with zero attached hydrogens (tertiary/aromatic N) is 1. The van der Waals surface area contributed by atoms with Gasteiger partial charge in [-0.15, -0.1) is 0 Å². The third kappa shape index (κ3) is 4.78. The summed E-state index contributed by atoms with van der Waals surface area (Å²) in [6, 6.07) is 7.19. The monoisotopic (exact) mass is 377 g/mol. The number of hydrogen-bond acceptors (Lipinski definition) is 4. The van der Waals surface area contributed by atoms with E-state index in [0.29, 0.717) is 10.6 Å². The molecule has 0 radical (unpaired) electrons. The molecule has 0 spiro atoms. The van der Waals surface area contributed by atoms with Gasteiger partial charge in [-0.05, 0) is 37.3 Å². The minimum atomic E-state index is -4.50. The molecule has 1 atom stereocenters. The highest BCUT2D eigenvalue weighted by molar-refractivity contribution is 7.99. The molecule has 0 amide bonds. The molecule has 0 fully saturated rings. The summed E-state index contributed by atoms with van der Waals surface area (Å²) in [6.45, 7) is 1.40. The molecule has 0 aliphatic carbocycles. The predicted molar refractivity (Wildman–Crippen MR) is 82.5 cm³/mol. The van der Waals surface area contributed by atoms with Crippen LogP contribution < -0.4 is 4.74 Å². The van der Waals surface area contributed by atoms with Gasteiger partial charge in [0.1, 0.15) is 10.8 Å². The van der Waals surface area contributed by atoms with Crippen LogP contribution >= 0.6 is 23.4 Å². The number of aliphatic carboxylic acids is 1. The summed E-state index contributed by atoms with van der Waals surface area (Å²) < 4.78 is 42.9. The van der Waals surface area contributed by atoms with E-state index in [1.54, 1.807) is 24.3 Å². The van der Waals surface area contributed by atoms with Crippen LogP contribution in [0.4, 0.5) is 13.2 Å². The average Bonchev–Trinajstić information content (AvgIpc) is 2.50. The van der Waals surface area contributed by atoms with Crippen LogP contribution in [0, 0.1) is 0 Å². The van der Waals surface area contributed by atoms with Gasteiger partial charge in [-0.25, -0.2) is 9.78 Å². The van der Waals surface area contributed by atoms with Gasteiger partial charge < -0.3 is 9.84 Å². The van der Waals surface area contributed by atoms with E-state index in [1.165, 1.54) is 6.92 Å². The lowest BCUT2D eigenvalue weighted by atomic mass is 10.3. The maximum atomic E-state index is 12.6. The van der Waals surface area contributed by atoms with E-state index < -0.39 is 23.8 Å². The SMILES string of the molecule is CC(Oc1ccc(Sc2ncc(C(F)(F)F)cc2Cl)cc1)C(=O)O. The summed E-state index contributed by atoms with van der Waals surface area (Å²) in [6.07, 6.45) is -4.77. The molecule has 0 aliphatic heterocycles. The number of ether oxygens (including phenoxy) is 1. The highest BCUT2D eigenvalue weighted by atomic mass is 35.5. The quantitative estimate of drug-likeness (QED) is 0.814. The van der Waals surface area contributed by atoms with Gasteiger partial charge in [-0.1, -0.05) is 23.4 Å². The summed E-state index contributed by atoms with van der Waals surface area (Å²) in [4.78, 5) is 15.1. The number of rotatable bonds is 5. The summed E-state index contributed by atoms with van der Waals surface area (Å²) in [5.41, 5.74) is -0.914. The van der Waals surface area contributed by atoms with Gasteiger partial charge >= 0.3 is 12.1 Å². The van der Waals surface area contributed by atoms with Crippen molar-refractivity contribution in [1.82, 2.24) is 4.98 Å². The molecule has 1 aromatic carbocycles. The van der Waals surface area contributed by atoms with Crippen LogP contribution in [0.25, 0.3) is 0 Å². The van der Waals surface area contributed by atoms with E-state index in [4.69, 9.17) is 21.4 Å². The van der Waals surface area contributed by atoms with E-state index >= 15 is 0 Å². The fourth-order valence-corrected chi connectivity index (χ4v) is 2.65. The largest absolute Gasteiger partial charge is 0.479 e. The van der Waals surface area contributed by atoms with E-state index in [2.05, 4.69) is 4.98 Å². The molecule has 2 aromatic rings. The second-order valence-corrected chi connectivity index (χ2v) is 6.15. The summed E-state index contributed by atoms with van der Waals surface area (Å²) in [5.74, 6) is -0.727. The molecule has 9 heteroatoms. The van der Waals surface area contributed by atoms with Crippen LogP contribution in [0.2, 0.25) is 5.02 Å². The molecule has 128 valence electrons. The molecule has 0 aliphatic rings. The Kier molecular flexibility index (Phi) is 5.61. The van der Waals surface area contributed by atoms with Crippen LogP contribution in [-0.4, -0.2) is 22.2 Å². The Hall–Kier alpha value is -1.93. The van der Waals surface area contributed by atoms with Crippen molar-refractivity contribution in [2.45, 2.75) is 29.1 Å². The van der Waals surface area contributed by atoms with Crippen LogP contribution in [-0.2, 0) is 11.0 Å². The van der Waals surface area contributed by atoms with E-state index in [0.717, 1.165) is 24.0 Å². The molecule has 2 rings (SSSR count). The van der Waals surface area contributed by atoms with E-state index in [1.807, 2.05) is 0 Å². The number of aromatic nitrogens is 1. The lowest BCUT2D eigenvalue weighted by molar-refractivity contribution is -0.144. The number of hydrogen-bond donors (Lipinski definition) is 1. The Morgan fingerprint density at radius 1 is 1.33 bits per heavy atom. The normalized spacial score (nSPS) is 12.7. The molecular weight excluding hydrogens is 367 g/mol. The van der Waals surface area contributed by atoms with Crippen molar-refractivity contribution in [3.63, 3.8) is 0 Å². The molecule has 1 heterocycles. The highest BCUT2D eigenvalue weighted by Gasteiger charge is 2.31. The maximum Gasteiger partial charge on any atom is 0.417 e. The topological polar surface area (TPSA) is 59.4 Å². The van der Waals surface area contributed by atoms with Gasteiger partial charge in [0.05, 0.1) is 10.6 Å². The van der Waals surface area contributed by atoms with Crippen LogP contribution in [0.1, 0.15) is 12.5 Å². The average molecular weight is 378 g/mol. The Morgan fingerprint density at radius 3 is 2.46 bits per heavy atom. The van der Waals surface area contributed by atoms with Gasteiger partial charge in [0, 0.05) is 11.1 Å². The van der Waals surface area contributed by atoms with Gasteiger partial charge in [0.2, 0.25) is 0 Å².